The molecule has 166 valence electrons. The first-order valence-corrected chi connectivity index (χ1v) is 11.5. The van der Waals surface area contributed by atoms with E-state index in [1.54, 1.807) is 7.11 Å². The number of aromatic nitrogens is 2. The van der Waals surface area contributed by atoms with Gasteiger partial charge in [0.2, 0.25) is 0 Å². The van der Waals surface area contributed by atoms with Crippen LogP contribution in [0.5, 0.6) is 5.75 Å². The van der Waals surface area contributed by atoms with Crippen LogP contribution in [0, 0.1) is 0 Å². The maximum Gasteiger partial charge on any atom is 0.253 e. The van der Waals surface area contributed by atoms with E-state index >= 15 is 0 Å². The fourth-order valence-corrected chi connectivity index (χ4v) is 3.91. The number of hydrogen-bond acceptors (Lipinski definition) is 3. The molecule has 2 aromatic carbocycles. The molecule has 1 aromatic heterocycles. The van der Waals surface area contributed by atoms with Crippen LogP contribution >= 0.6 is 0 Å². The smallest absolute Gasteiger partial charge is 0.253 e. The summed E-state index contributed by atoms with van der Waals surface area (Å²) in [6, 6.07) is 14.1. The van der Waals surface area contributed by atoms with Crippen molar-refractivity contribution in [2.75, 3.05) is 20.2 Å². The van der Waals surface area contributed by atoms with Crippen LogP contribution < -0.4 is 4.74 Å². The van der Waals surface area contributed by atoms with Crippen LogP contribution in [0.25, 0.3) is 11.0 Å². The third-order valence-electron chi connectivity index (χ3n) is 5.76. The zero-order valence-corrected chi connectivity index (χ0v) is 19.4. The first-order chi connectivity index (χ1) is 15.1. The summed E-state index contributed by atoms with van der Waals surface area (Å²) in [7, 11) is 1.68. The van der Waals surface area contributed by atoms with Crippen LogP contribution in [0.1, 0.15) is 68.2 Å². The van der Waals surface area contributed by atoms with E-state index in [0.29, 0.717) is 0 Å². The zero-order chi connectivity index (χ0) is 22.2. The van der Waals surface area contributed by atoms with Crippen LogP contribution in [0.2, 0.25) is 0 Å². The number of carbonyl (C=O) groups is 1. The summed E-state index contributed by atoms with van der Waals surface area (Å²) in [6.45, 7) is 8.92. The fourth-order valence-electron chi connectivity index (χ4n) is 3.91. The average Bonchev–Trinajstić information content (AvgIpc) is 3.15. The molecule has 31 heavy (non-hydrogen) atoms. The van der Waals surface area contributed by atoms with E-state index in [9.17, 15) is 4.79 Å². The van der Waals surface area contributed by atoms with Crippen LogP contribution in [-0.4, -0.2) is 40.6 Å². The molecule has 5 heteroatoms. The molecule has 0 unspecified atom stereocenters. The van der Waals surface area contributed by atoms with Crippen molar-refractivity contribution < 1.29 is 9.53 Å². The average molecular weight is 422 g/mol. The summed E-state index contributed by atoms with van der Waals surface area (Å²) >= 11 is 0. The SMILES string of the molecule is CCCCN(CCCC)C(=O)c1ccc2nc(Cc3ccc(OC)cc3)n(CC)c2c1. The third kappa shape index (κ3) is 5.46. The highest BCUT2D eigenvalue weighted by Crippen LogP contribution is 2.22. The van der Waals surface area contributed by atoms with Crippen molar-refractivity contribution in [1.82, 2.24) is 14.5 Å². The van der Waals surface area contributed by atoms with Gasteiger partial charge in [0, 0.05) is 31.6 Å². The lowest BCUT2D eigenvalue weighted by molar-refractivity contribution is 0.0751. The van der Waals surface area contributed by atoms with Crippen molar-refractivity contribution in [3.63, 3.8) is 0 Å². The van der Waals surface area contributed by atoms with Crippen molar-refractivity contribution >= 4 is 16.9 Å². The van der Waals surface area contributed by atoms with Crippen molar-refractivity contribution in [1.29, 1.82) is 0 Å². The largest absolute Gasteiger partial charge is 0.497 e. The van der Waals surface area contributed by atoms with Gasteiger partial charge in [-0.05, 0) is 55.7 Å². The number of nitrogens with zero attached hydrogens (tertiary/aromatic N) is 3. The van der Waals surface area contributed by atoms with E-state index in [1.165, 1.54) is 5.56 Å². The quantitative estimate of drug-likeness (QED) is 0.399. The van der Waals surface area contributed by atoms with Gasteiger partial charge < -0.3 is 14.2 Å². The Balaban J connectivity index is 1.89. The number of unbranched alkanes of at least 4 members (excludes halogenated alkanes) is 2. The molecule has 5 nitrogen and oxygen atoms in total. The summed E-state index contributed by atoms with van der Waals surface area (Å²) in [4.78, 5) is 20.1. The van der Waals surface area contributed by atoms with Gasteiger partial charge in [0.05, 0.1) is 18.1 Å². The number of methoxy groups -OCH3 is 1. The molecule has 0 N–H and O–H groups in total. The first kappa shape index (κ1) is 22.9. The highest BCUT2D eigenvalue weighted by Gasteiger charge is 2.18. The van der Waals surface area contributed by atoms with Gasteiger partial charge in [0.25, 0.3) is 5.91 Å². The van der Waals surface area contributed by atoms with Gasteiger partial charge >= 0.3 is 0 Å². The number of ether oxygens (including phenoxy) is 1. The Morgan fingerprint density at radius 1 is 1.00 bits per heavy atom. The molecule has 0 saturated heterocycles. The minimum Gasteiger partial charge on any atom is -0.497 e. The number of rotatable bonds is 11. The lowest BCUT2D eigenvalue weighted by atomic mass is 10.1. The lowest BCUT2D eigenvalue weighted by Crippen LogP contribution is -2.32. The Bertz CT molecular complexity index is 984. The molecule has 3 aromatic rings. The van der Waals surface area contributed by atoms with Crippen molar-refractivity contribution in [2.45, 2.75) is 59.4 Å². The molecule has 0 bridgehead atoms. The van der Waals surface area contributed by atoms with Gasteiger partial charge in [-0.25, -0.2) is 4.98 Å². The van der Waals surface area contributed by atoms with E-state index in [2.05, 4.69) is 37.5 Å². The van der Waals surface area contributed by atoms with E-state index in [0.717, 1.165) is 79.9 Å². The van der Waals surface area contributed by atoms with E-state index < -0.39 is 0 Å². The highest BCUT2D eigenvalue weighted by atomic mass is 16.5. The van der Waals surface area contributed by atoms with Crippen LogP contribution in [0.4, 0.5) is 0 Å². The van der Waals surface area contributed by atoms with Gasteiger partial charge in [-0.1, -0.05) is 38.8 Å². The predicted molar refractivity (Wildman–Crippen MR) is 127 cm³/mol. The minimum absolute atomic E-state index is 0.129. The van der Waals surface area contributed by atoms with Crippen molar-refractivity contribution in [3.05, 3.63) is 59.4 Å². The molecule has 0 aliphatic heterocycles. The maximum absolute atomic E-state index is 13.2. The minimum atomic E-state index is 0.129. The molecule has 0 aliphatic rings. The Labute approximate surface area is 186 Å². The first-order valence-electron chi connectivity index (χ1n) is 11.5. The maximum atomic E-state index is 13.2. The number of hydrogen-bond donors (Lipinski definition) is 0. The third-order valence-corrected chi connectivity index (χ3v) is 5.76. The standard InChI is InChI=1S/C26H35N3O2/c1-5-8-16-28(17-9-6-2)26(30)21-12-15-23-24(19-21)29(7-3)25(27-23)18-20-10-13-22(31-4)14-11-20/h10-15,19H,5-9,16-18H2,1-4H3. The van der Waals surface area contributed by atoms with Gasteiger partial charge in [-0.3, -0.25) is 4.79 Å². The van der Waals surface area contributed by atoms with Gasteiger partial charge in [0.15, 0.2) is 0 Å². The molecule has 0 atom stereocenters. The molecule has 0 radical (unpaired) electrons. The number of aryl methyl sites for hydroxylation is 1. The zero-order valence-electron chi connectivity index (χ0n) is 19.4. The van der Waals surface area contributed by atoms with Gasteiger partial charge in [0.1, 0.15) is 11.6 Å². The lowest BCUT2D eigenvalue weighted by Gasteiger charge is -2.22. The molecule has 3 rings (SSSR count). The van der Waals surface area contributed by atoms with Crippen LogP contribution in [0.3, 0.4) is 0 Å². The van der Waals surface area contributed by atoms with Crippen molar-refractivity contribution in [2.24, 2.45) is 0 Å². The van der Waals surface area contributed by atoms with Crippen LogP contribution in [-0.2, 0) is 13.0 Å². The van der Waals surface area contributed by atoms with Crippen molar-refractivity contribution in [3.8, 4) is 5.75 Å². The second-order valence-corrected chi connectivity index (χ2v) is 8.00. The topological polar surface area (TPSA) is 47.4 Å². The number of amides is 1. The van der Waals surface area contributed by atoms with E-state index in [1.807, 2.05) is 35.2 Å². The van der Waals surface area contributed by atoms with E-state index in [-0.39, 0.29) is 5.91 Å². The van der Waals surface area contributed by atoms with E-state index in [4.69, 9.17) is 9.72 Å². The molecular formula is C26H35N3O2. The number of imidazole rings is 1. The Hall–Kier alpha value is -2.82. The van der Waals surface area contributed by atoms with Crippen LogP contribution in [0.15, 0.2) is 42.5 Å². The second kappa shape index (κ2) is 11.0. The molecule has 0 spiro atoms. The predicted octanol–water partition coefficient (Wildman–Crippen LogP) is 5.70. The number of benzene rings is 2. The summed E-state index contributed by atoms with van der Waals surface area (Å²) in [6.07, 6.45) is 5.00. The monoisotopic (exact) mass is 421 g/mol. The molecule has 1 heterocycles. The fraction of sp³-hybridized carbons (Fsp3) is 0.462. The normalized spacial score (nSPS) is 11.1. The molecule has 1 amide bonds. The Morgan fingerprint density at radius 2 is 1.68 bits per heavy atom. The summed E-state index contributed by atoms with van der Waals surface area (Å²) < 4.78 is 7.48. The summed E-state index contributed by atoms with van der Waals surface area (Å²) in [5.41, 5.74) is 3.91. The Kier molecular flexibility index (Phi) is 8.10. The summed E-state index contributed by atoms with van der Waals surface area (Å²) in [5, 5.41) is 0. The molecular weight excluding hydrogens is 386 g/mol. The molecule has 0 saturated carbocycles. The summed E-state index contributed by atoms with van der Waals surface area (Å²) in [5.74, 6) is 2.00. The molecule has 0 fully saturated rings. The van der Waals surface area contributed by atoms with Gasteiger partial charge in [-0.15, -0.1) is 0 Å². The number of carbonyl (C=O) groups excluding carboxylic acids is 1. The second-order valence-electron chi connectivity index (χ2n) is 8.00. The highest BCUT2D eigenvalue weighted by molar-refractivity contribution is 5.97. The van der Waals surface area contributed by atoms with Gasteiger partial charge in [-0.2, -0.15) is 0 Å². The number of fused-ring (bicyclic) bond motifs is 1. The Morgan fingerprint density at radius 3 is 2.26 bits per heavy atom. The molecule has 0 aliphatic carbocycles.